The van der Waals surface area contributed by atoms with E-state index in [0.717, 1.165) is 63.5 Å². The van der Waals surface area contributed by atoms with Crippen LogP contribution in [0.25, 0.3) is 0 Å². The number of hydrogen-bond donors (Lipinski definition) is 2. The second-order valence-corrected chi connectivity index (χ2v) is 4.80. The highest BCUT2D eigenvalue weighted by atomic mass is 15.1. The molecule has 4 heteroatoms. The van der Waals surface area contributed by atoms with Crippen molar-refractivity contribution in [2.75, 3.05) is 26.2 Å². The zero-order valence-electron chi connectivity index (χ0n) is 11.0. The zero-order valence-corrected chi connectivity index (χ0v) is 11.0. The van der Waals surface area contributed by atoms with Gasteiger partial charge < -0.3 is 15.5 Å². The van der Waals surface area contributed by atoms with Crippen molar-refractivity contribution >= 4 is 0 Å². The molecule has 0 unspecified atom stereocenters. The van der Waals surface area contributed by atoms with Gasteiger partial charge in [-0.2, -0.15) is 0 Å². The van der Waals surface area contributed by atoms with Crippen molar-refractivity contribution in [3.8, 4) is 0 Å². The van der Waals surface area contributed by atoms with Crippen LogP contribution in [-0.2, 0) is 13.1 Å². The number of hydrogen-bond acceptors (Lipinski definition) is 4. The third kappa shape index (κ3) is 4.72. The van der Waals surface area contributed by atoms with Gasteiger partial charge in [0.15, 0.2) is 0 Å². The molecule has 99 valence electrons. The van der Waals surface area contributed by atoms with Gasteiger partial charge in [-0.15, -0.1) is 0 Å². The van der Waals surface area contributed by atoms with Crippen molar-refractivity contribution in [1.29, 1.82) is 0 Å². The largest absolute Gasteiger partial charge is 0.311 e. The van der Waals surface area contributed by atoms with Gasteiger partial charge in [-0.05, 0) is 51.2 Å². The molecule has 1 aromatic heterocycles. The average molecular weight is 247 g/mol. The van der Waals surface area contributed by atoms with Crippen LogP contribution >= 0.6 is 0 Å². The Morgan fingerprint density at radius 2 is 1.56 bits per heavy atom. The minimum Gasteiger partial charge on any atom is -0.311 e. The highest BCUT2D eigenvalue weighted by molar-refractivity contribution is 5.11. The van der Waals surface area contributed by atoms with Gasteiger partial charge in [0.1, 0.15) is 0 Å². The number of rotatable bonds is 0. The first-order valence-corrected chi connectivity index (χ1v) is 6.76. The van der Waals surface area contributed by atoms with Crippen LogP contribution in [0.2, 0.25) is 0 Å². The van der Waals surface area contributed by atoms with Crippen LogP contribution in [-0.4, -0.2) is 36.1 Å². The van der Waals surface area contributed by atoms with Crippen LogP contribution < -0.4 is 10.6 Å². The lowest BCUT2D eigenvalue weighted by Gasteiger charge is -2.17. The summed E-state index contributed by atoms with van der Waals surface area (Å²) >= 11 is 0. The quantitative estimate of drug-likeness (QED) is 0.721. The first-order valence-electron chi connectivity index (χ1n) is 6.76. The van der Waals surface area contributed by atoms with Crippen LogP contribution in [0.5, 0.6) is 0 Å². The Labute approximate surface area is 110 Å². The van der Waals surface area contributed by atoms with Crippen molar-refractivity contribution in [3.63, 3.8) is 0 Å². The minimum absolute atomic E-state index is 0.852. The van der Waals surface area contributed by atoms with E-state index in [1.54, 1.807) is 0 Å². The first-order chi connectivity index (χ1) is 8.84. The summed E-state index contributed by atoms with van der Waals surface area (Å²) in [5.41, 5.74) is 2.25. The molecule has 0 saturated heterocycles. The lowest BCUT2D eigenvalue weighted by Crippen LogP contribution is -2.27. The molecule has 0 spiro atoms. The minimum atomic E-state index is 0.852. The molecular weight excluding hydrogens is 224 g/mol. The molecule has 0 aromatic carbocycles. The SMILES string of the molecule is [CH2]N1CCCNCc2cccc(n2)CNCCC1. The maximum absolute atomic E-state index is 4.63. The van der Waals surface area contributed by atoms with Crippen LogP contribution in [0.15, 0.2) is 18.2 Å². The molecule has 2 N–H and O–H groups in total. The van der Waals surface area contributed by atoms with Crippen molar-refractivity contribution in [3.05, 3.63) is 36.6 Å². The van der Waals surface area contributed by atoms with E-state index in [9.17, 15) is 0 Å². The number of fused-ring (bicyclic) bond motifs is 2. The van der Waals surface area contributed by atoms with Gasteiger partial charge in [0, 0.05) is 20.1 Å². The fourth-order valence-electron chi connectivity index (χ4n) is 2.13. The zero-order chi connectivity index (χ0) is 12.6. The maximum atomic E-state index is 4.63. The van der Waals surface area contributed by atoms with Gasteiger partial charge >= 0.3 is 0 Å². The summed E-state index contributed by atoms with van der Waals surface area (Å²) in [6.07, 6.45) is 2.27. The summed E-state index contributed by atoms with van der Waals surface area (Å²) in [5, 5.41) is 6.86. The predicted octanol–water partition coefficient (Wildman–Crippen LogP) is 1.15. The van der Waals surface area contributed by atoms with Crippen molar-refractivity contribution in [2.45, 2.75) is 25.9 Å². The Bertz CT molecular complexity index is 324. The van der Waals surface area contributed by atoms with E-state index >= 15 is 0 Å². The molecule has 1 radical (unpaired) electrons. The van der Waals surface area contributed by atoms with E-state index in [-0.39, 0.29) is 0 Å². The number of nitrogens with one attached hydrogen (secondary N) is 2. The summed E-state index contributed by atoms with van der Waals surface area (Å²) in [6.45, 7) is 5.86. The van der Waals surface area contributed by atoms with Crippen molar-refractivity contribution < 1.29 is 0 Å². The fraction of sp³-hybridized carbons (Fsp3) is 0.571. The normalized spacial score (nSPS) is 20.3. The van der Waals surface area contributed by atoms with Gasteiger partial charge in [0.25, 0.3) is 0 Å². The smallest absolute Gasteiger partial charge is 0.0545 e. The second-order valence-electron chi connectivity index (χ2n) is 4.80. The molecule has 2 bridgehead atoms. The molecule has 1 aliphatic rings. The molecule has 2 heterocycles. The summed E-state index contributed by atoms with van der Waals surface area (Å²) in [5.74, 6) is 0. The Morgan fingerprint density at radius 1 is 1.00 bits per heavy atom. The molecule has 0 fully saturated rings. The maximum Gasteiger partial charge on any atom is 0.0545 e. The summed E-state index contributed by atoms with van der Waals surface area (Å²) in [7, 11) is 4.06. The van der Waals surface area contributed by atoms with Crippen LogP contribution in [0.3, 0.4) is 0 Å². The van der Waals surface area contributed by atoms with E-state index in [1.165, 1.54) is 0 Å². The van der Waals surface area contributed by atoms with Gasteiger partial charge in [-0.25, -0.2) is 0 Å². The fourth-order valence-corrected chi connectivity index (χ4v) is 2.13. The van der Waals surface area contributed by atoms with Crippen LogP contribution in [0.4, 0.5) is 0 Å². The highest BCUT2D eigenvalue weighted by Crippen LogP contribution is 2.00. The Balaban J connectivity index is 1.92. The molecule has 2 rings (SSSR count). The Hall–Kier alpha value is -0.970. The van der Waals surface area contributed by atoms with Crippen LogP contribution in [0.1, 0.15) is 24.2 Å². The topological polar surface area (TPSA) is 40.2 Å². The molecule has 0 amide bonds. The van der Waals surface area contributed by atoms with Gasteiger partial charge in [-0.1, -0.05) is 6.07 Å². The van der Waals surface area contributed by atoms with Crippen molar-refractivity contribution in [1.82, 2.24) is 20.5 Å². The van der Waals surface area contributed by atoms with E-state index in [2.05, 4.69) is 45.8 Å². The molecule has 0 saturated carbocycles. The third-order valence-corrected chi connectivity index (χ3v) is 3.13. The first kappa shape index (κ1) is 13.5. The molecule has 0 atom stereocenters. The van der Waals surface area contributed by atoms with Crippen molar-refractivity contribution in [2.24, 2.45) is 0 Å². The third-order valence-electron chi connectivity index (χ3n) is 3.13. The van der Waals surface area contributed by atoms with E-state index in [0.29, 0.717) is 0 Å². The summed E-state index contributed by atoms with van der Waals surface area (Å²) in [4.78, 5) is 6.79. The molecule has 1 aliphatic heterocycles. The lowest BCUT2D eigenvalue weighted by molar-refractivity contribution is 0.350. The number of nitrogens with zero attached hydrogens (tertiary/aromatic N) is 2. The predicted molar refractivity (Wildman–Crippen MR) is 73.8 cm³/mol. The molecule has 1 aromatic rings. The summed E-state index contributed by atoms with van der Waals surface area (Å²) in [6, 6.07) is 6.25. The second kappa shape index (κ2) is 7.46. The van der Waals surface area contributed by atoms with Gasteiger partial charge in [0.05, 0.1) is 11.4 Å². The van der Waals surface area contributed by atoms with Gasteiger partial charge in [-0.3, -0.25) is 4.98 Å². The van der Waals surface area contributed by atoms with E-state index in [4.69, 9.17) is 0 Å². The standard InChI is InChI=1S/C14H23N4/c1-18-9-3-7-15-11-13-5-2-6-14(17-13)12-16-8-4-10-18/h2,5-6,15-16H,1,3-4,7-12H2. The molecule has 4 nitrogen and oxygen atoms in total. The Kier molecular flexibility index (Phi) is 5.58. The monoisotopic (exact) mass is 247 g/mol. The van der Waals surface area contributed by atoms with Gasteiger partial charge in [0.2, 0.25) is 0 Å². The number of aromatic nitrogens is 1. The van der Waals surface area contributed by atoms with E-state index in [1.807, 2.05) is 0 Å². The van der Waals surface area contributed by atoms with E-state index < -0.39 is 0 Å². The van der Waals surface area contributed by atoms with Crippen LogP contribution in [0, 0.1) is 7.05 Å². The average Bonchev–Trinajstić information content (AvgIpc) is 2.38. The Morgan fingerprint density at radius 3 is 2.11 bits per heavy atom. The highest BCUT2D eigenvalue weighted by Gasteiger charge is 2.02. The molecular formula is C14H23N4. The molecule has 0 aliphatic carbocycles. The summed E-state index contributed by atoms with van der Waals surface area (Å²) < 4.78 is 0. The lowest BCUT2D eigenvalue weighted by atomic mass is 10.2. The number of pyridine rings is 1. The molecule has 18 heavy (non-hydrogen) atoms.